The minimum absolute atomic E-state index is 0.178. The molecule has 0 N–H and O–H groups in total. The van der Waals surface area contributed by atoms with Crippen LogP contribution in [0, 0.1) is 12.7 Å². The molecule has 0 saturated heterocycles. The molecule has 0 unspecified atom stereocenters. The van der Waals surface area contributed by atoms with Crippen LogP contribution in [0.5, 0.6) is 0 Å². The summed E-state index contributed by atoms with van der Waals surface area (Å²) in [6, 6.07) is 15.7. The second kappa shape index (κ2) is 6.20. The second-order valence-electron chi connectivity index (χ2n) is 3.04. The molecular weight excluding hydrogens is 211 g/mol. The molecule has 0 heterocycles. The average molecular weight is 223 g/mol. The van der Waals surface area contributed by atoms with Gasteiger partial charge >= 0.3 is 0 Å². The third kappa shape index (κ3) is 4.61. The monoisotopic (exact) mass is 222 g/mol. The van der Waals surface area contributed by atoms with Gasteiger partial charge in [0.1, 0.15) is 5.82 Å². The summed E-state index contributed by atoms with van der Waals surface area (Å²) in [6.45, 7) is 1.99. The lowest BCUT2D eigenvalue weighted by atomic mass is 10.2. The lowest BCUT2D eigenvalue weighted by Gasteiger charge is -1.90. The van der Waals surface area contributed by atoms with Crippen LogP contribution in [-0.2, 0) is 0 Å². The van der Waals surface area contributed by atoms with Crippen molar-refractivity contribution in [2.75, 3.05) is 0 Å². The highest BCUT2D eigenvalue weighted by Gasteiger charge is 1.86. The Morgan fingerprint density at radius 1 is 0.867 bits per heavy atom. The molecule has 0 aromatic heterocycles. The van der Waals surface area contributed by atoms with Gasteiger partial charge in [-0.3, -0.25) is 0 Å². The molecule has 0 spiro atoms. The minimum atomic E-state index is -0.178. The van der Waals surface area contributed by atoms with Gasteiger partial charge in [0.05, 0.1) is 0 Å². The maximum absolute atomic E-state index is 11.9. The van der Waals surface area contributed by atoms with Gasteiger partial charge in [-0.1, -0.05) is 48.0 Å². The Kier molecular flexibility index (Phi) is 4.85. The summed E-state index contributed by atoms with van der Waals surface area (Å²) in [6.07, 6.45) is 0. The standard InChI is InChI=1S/C7H7Cl.C6H5F/c1-6-4-2-3-5-7(6)8;7-6-4-2-1-3-5-6/h2-5H,1H3;1-5H. The van der Waals surface area contributed by atoms with Crippen LogP contribution in [0.4, 0.5) is 4.39 Å². The van der Waals surface area contributed by atoms with Crippen molar-refractivity contribution in [3.63, 3.8) is 0 Å². The van der Waals surface area contributed by atoms with Gasteiger partial charge in [0, 0.05) is 5.02 Å². The van der Waals surface area contributed by atoms with E-state index in [1.165, 1.54) is 12.1 Å². The van der Waals surface area contributed by atoms with Gasteiger partial charge in [0.2, 0.25) is 0 Å². The van der Waals surface area contributed by atoms with Gasteiger partial charge in [-0.2, -0.15) is 0 Å². The second-order valence-corrected chi connectivity index (χ2v) is 3.45. The fraction of sp³-hybridized carbons (Fsp3) is 0.0769. The first-order chi connectivity index (χ1) is 7.20. The minimum Gasteiger partial charge on any atom is -0.207 e. The van der Waals surface area contributed by atoms with E-state index in [2.05, 4.69) is 0 Å². The summed E-state index contributed by atoms with van der Waals surface area (Å²) < 4.78 is 11.9. The third-order valence-corrected chi connectivity index (χ3v) is 2.23. The third-order valence-electron chi connectivity index (χ3n) is 1.81. The molecule has 0 aliphatic carbocycles. The normalized spacial score (nSPS) is 9.00. The molecule has 0 aliphatic heterocycles. The van der Waals surface area contributed by atoms with E-state index >= 15 is 0 Å². The van der Waals surface area contributed by atoms with Crippen molar-refractivity contribution in [2.24, 2.45) is 0 Å². The summed E-state index contributed by atoms with van der Waals surface area (Å²) in [5, 5.41) is 0.840. The highest BCUT2D eigenvalue weighted by molar-refractivity contribution is 6.31. The Balaban J connectivity index is 0.000000151. The summed E-state index contributed by atoms with van der Waals surface area (Å²) in [7, 11) is 0. The molecule has 2 aromatic rings. The number of rotatable bonds is 0. The van der Waals surface area contributed by atoms with Crippen molar-refractivity contribution in [1.29, 1.82) is 0 Å². The van der Waals surface area contributed by atoms with Crippen molar-refractivity contribution in [3.05, 3.63) is 71.0 Å². The Morgan fingerprint density at radius 2 is 1.40 bits per heavy atom. The van der Waals surface area contributed by atoms with E-state index in [9.17, 15) is 4.39 Å². The SMILES string of the molecule is Cc1ccccc1Cl.Fc1ccccc1. The molecule has 0 bridgehead atoms. The molecular formula is C13H12ClF. The van der Waals surface area contributed by atoms with E-state index in [0.717, 1.165) is 10.6 Å². The van der Waals surface area contributed by atoms with E-state index in [4.69, 9.17) is 11.6 Å². The first-order valence-corrected chi connectivity index (χ1v) is 4.99. The van der Waals surface area contributed by atoms with Gasteiger partial charge in [0.25, 0.3) is 0 Å². The molecule has 0 radical (unpaired) electrons. The number of halogens is 2. The van der Waals surface area contributed by atoms with Crippen molar-refractivity contribution in [3.8, 4) is 0 Å². The lowest BCUT2D eigenvalue weighted by Crippen LogP contribution is -1.68. The van der Waals surface area contributed by atoms with E-state index in [1.54, 1.807) is 18.2 Å². The fourth-order valence-electron chi connectivity index (χ4n) is 0.966. The largest absolute Gasteiger partial charge is 0.207 e. The Hall–Kier alpha value is -1.34. The predicted molar refractivity (Wildman–Crippen MR) is 62.6 cm³/mol. The van der Waals surface area contributed by atoms with Gasteiger partial charge in [-0.25, -0.2) is 4.39 Å². The molecule has 0 atom stereocenters. The molecule has 0 fully saturated rings. The molecule has 15 heavy (non-hydrogen) atoms. The van der Waals surface area contributed by atoms with Crippen LogP contribution in [0.15, 0.2) is 54.6 Å². The first-order valence-electron chi connectivity index (χ1n) is 4.62. The zero-order valence-electron chi connectivity index (χ0n) is 8.45. The van der Waals surface area contributed by atoms with Gasteiger partial charge in [-0.05, 0) is 30.7 Å². The summed E-state index contributed by atoms with van der Waals surface area (Å²) in [5.41, 5.74) is 1.13. The van der Waals surface area contributed by atoms with Crippen LogP contribution >= 0.6 is 11.6 Å². The molecule has 78 valence electrons. The zero-order valence-corrected chi connectivity index (χ0v) is 9.21. The molecule has 2 rings (SSSR count). The van der Waals surface area contributed by atoms with Crippen molar-refractivity contribution < 1.29 is 4.39 Å². The summed E-state index contributed by atoms with van der Waals surface area (Å²) in [5.74, 6) is -0.178. The number of benzene rings is 2. The van der Waals surface area contributed by atoms with Gasteiger partial charge in [-0.15, -0.1) is 0 Å². The molecule has 0 amide bonds. The highest BCUT2D eigenvalue weighted by Crippen LogP contribution is 2.11. The summed E-state index contributed by atoms with van der Waals surface area (Å²) in [4.78, 5) is 0. The number of aryl methyl sites for hydroxylation is 1. The molecule has 0 aliphatic rings. The van der Waals surface area contributed by atoms with Crippen molar-refractivity contribution in [1.82, 2.24) is 0 Å². The van der Waals surface area contributed by atoms with Crippen LogP contribution < -0.4 is 0 Å². The van der Waals surface area contributed by atoms with E-state index < -0.39 is 0 Å². The van der Waals surface area contributed by atoms with Gasteiger partial charge < -0.3 is 0 Å². The van der Waals surface area contributed by atoms with Crippen molar-refractivity contribution >= 4 is 11.6 Å². The van der Waals surface area contributed by atoms with Crippen LogP contribution in [-0.4, -0.2) is 0 Å². The van der Waals surface area contributed by atoms with Crippen LogP contribution in [0.3, 0.4) is 0 Å². The lowest BCUT2D eigenvalue weighted by molar-refractivity contribution is 0.628. The maximum atomic E-state index is 11.9. The number of hydrogen-bond acceptors (Lipinski definition) is 0. The number of hydrogen-bond donors (Lipinski definition) is 0. The zero-order chi connectivity index (χ0) is 11.1. The Morgan fingerprint density at radius 3 is 1.73 bits per heavy atom. The van der Waals surface area contributed by atoms with Crippen LogP contribution in [0.2, 0.25) is 5.02 Å². The predicted octanol–water partition coefficient (Wildman–Crippen LogP) is 4.47. The topological polar surface area (TPSA) is 0 Å². The van der Waals surface area contributed by atoms with E-state index in [-0.39, 0.29) is 5.82 Å². The van der Waals surface area contributed by atoms with E-state index in [1.807, 2.05) is 31.2 Å². The van der Waals surface area contributed by atoms with Crippen LogP contribution in [0.25, 0.3) is 0 Å². The van der Waals surface area contributed by atoms with Crippen molar-refractivity contribution in [2.45, 2.75) is 6.92 Å². The molecule has 0 nitrogen and oxygen atoms in total. The highest BCUT2D eigenvalue weighted by atomic mass is 35.5. The van der Waals surface area contributed by atoms with Gasteiger partial charge in [0.15, 0.2) is 0 Å². The maximum Gasteiger partial charge on any atom is 0.123 e. The first kappa shape index (κ1) is 11.7. The molecule has 2 heteroatoms. The van der Waals surface area contributed by atoms with Crippen LogP contribution in [0.1, 0.15) is 5.56 Å². The Labute approximate surface area is 94.3 Å². The molecule has 2 aromatic carbocycles. The smallest absolute Gasteiger partial charge is 0.123 e. The fourth-order valence-corrected chi connectivity index (χ4v) is 1.10. The summed E-state index contributed by atoms with van der Waals surface area (Å²) >= 11 is 5.71. The average Bonchev–Trinajstić information content (AvgIpc) is 2.25. The Bertz CT molecular complexity index is 377. The molecule has 0 saturated carbocycles. The quantitative estimate of drug-likeness (QED) is 0.617. The van der Waals surface area contributed by atoms with E-state index in [0.29, 0.717) is 0 Å².